The van der Waals surface area contributed by atoms with E-state index in [9.17, 15) is 19.5 Å². The monoisotopic (exact) mass is 317 g/mol. The highest BCUT2D eigenvalue weighted by molar-refractivity contribution is 6.25. The van der Waals surface area contributed by atoms with Gasteiger partial charge in [-0.05, 0) is 32.9 Å². The number of allylic oxidation sites excluding steroid dienone is 1. The van der Waals surface area contributed by atoms with E-state index in [1.54, 1.807) is 20.8 Å². The van der Waals surface area contributed by atoms with E-state index in [4.69, 9.17) is 10.5 Å². The summed E-state index contributed by atoms with van der Waals surface area (Å²) in [6.07, 6.45) is 1.03. The van der Waals surface area contributed by atoms with Crippen LogP contribution >= 0.6 is 0 Å². The topological polar surface area (TPSA) is 107 Å². The van der Waals surface area contributed by atoms with Crippen LogP contribution in [0.2, 0.25) is 0 Å². The molecular formula is C17H19NO5. The van der Waals surface area contributed by atoms with Gasteiger partial charge < -0.3 is 15.6 Å². The number of carbonyl (C=O) groups is 3. The quantitative estimate of drug-likeness (QED) is 0.823. The highest BCUT2D eigenvalue weighted by atomic mass is 16.6. The summed E-state index contributed by atoms with van der Waals surface area (Å²) < 4.78 is 5.16. The van der Waals surface area contributed by atoms with Crippen molar-refractivity contribution in [3.05, 3.63) is 41.0 Å². The first-order chi connectivity index (χ1) is 10.6. The Bertz CT molecular complexity index is 712. The number of esters is 1. The van der Waals surface area contributed by atoms with Crippen LogP contribution < -0.4 is 5.73 Å². The molecule has 0 aliphatic heterocycles. The molecule has 1 aromatic carbocycles. The Morgan fingerprint density at radius 1 is 1.30 bits per heavy atom. The Hall–Kier alpha value is -2.47. The van der Waals surface area contributed by atoms with Crippen molar-refractivity contribution in [1.82, 2.24) is 0 Å². The molecule has 1 unspecified atom stereocenters. The van der Waals surface area contributed by atoms with Crippen LogP contribution in [0.5, 0.6) is 5.75 Å². The first kappa shape index (κ1) is 16.9. The molecule has 0 saturated carbocycles. The number of hydrogen-bond donors (Lipinski definition) is 2. The number of fused-ring (bicyclic) bond motifs is 1. The van der Waals surface area contributed by atoms with Crippen molar-refractivity contribution in [2.75, 3.05) is 0 Å². The second-order valence-corrected chi connectivity index (χ2v) is 6.41. The first-order valence-electron chi connectivity index (χ1n) is 7.20. The number of benzene rings is 1. The van der Waals surface area contributed by atoms with Crippen LogP contribution in [0.1, 0.15) is 47.9 Å². The predicted molar refractivity (Wildman–Crippen MR) is 83.3 cm³/mol. The number of aromatic hydroxyl groups is 1. The number of Topliss-reactive ketones (excluding diaryl/α,β-unsaturated/α-hetero) is 1. The molecule has 2 rings (SSSR count). The summed E-state index contributed by atoms with van der Waals surface area (Å²) in [5, 5.41) is 9.84. The Morgan fingerprint density at radius 2 is 1.96 bits per heavy atom. The Balaban J connectivity index is 2.22. The maximum atomic E-state index is 12.4. The molecule has 0 fully saturated rings. The zero-order valence-corrected chi connectivity index (χ0v) is 13.3. The van der Waals surface area contributed by atoms with Crippen LogP contribution in [0.25, 0.3) is 0 Å². The number of rotatable bonds is 3. The van der Waals surface area contributed by atoms with Gasteiger partial charge in [0.05, 0.1) is 5.56 Å². The smallest absolute Gasteiger partial charge is 0.323 e. The van der Waals surface area contributed by atoms with Crippen molar-refractivity contribution in [2.45, 2.75) is 38.8 Å². The third-order valence-corrected chi connectivity index (χ3v) is 3.28. The minimum absolute atomic E-state index is 0.0496. The Kier molecular flexibility index (Phi) is 4.38. The lowest BCUT2D eigenvalue weighted by Crippen LogP contribution is -2.38. The van der Waals surface area contributed by atoms with E-state index >= 15 is 0 Å². The van der Waals surface area contributed by atoms with Gasteiger partial charge in [0.15, 0.2) is 11.6 Å². The highest BCUT2D eigenvalue weighted by Crippen LogP contribution is 2.30. The van der Waals surface area contributed by atoms with Gasteiger partial charge in [-0.1, -0.05) is 12.1 Å². The number of hydrogen-bond acceptors (Lipinski definition) is 6. The third kappa shape index (κ3) is 3.65. The molecule has 0 saturated heterocycles. The van der Waals surface area contributed by atoms with Gasteiger partial charge in [-0.25, -0.2) is 0 Å². The predicted octanol–water partition coefficient (Wildman–Crippen LogP) is 1.76. The number of nitrogens with two attached hydrogens (primary N) is 1. The second-order valence-electron chi connectivity index (χ2n) is 6.41. The largest absolute Gasteiger partial charge is 0.507 e. The fraction of sp³-hybridized carbons (Fsp3) is 0.353. The van der Waals surface area contributed by atoms with E-state index in [1.807, 2.05) is 0 Å². The lowest BCUT2D eigenvalue weighted by atomic mass is 9.86. The zero-order valence-electron chi connectivity index (χ0n) is 13.3. The molecule has 1 atom stereocenters. The van der Waals surface area contributed by atoms with Crippen molar-refractivity contribution in [2.24, 2.45) is 5.73 Å². The molecule has 1 aliphatic carbocycles. The molecule has 1 aliphatic rings. The molecule has 0 heterocycles. The molecule has 3 N–H and O–H groups in total. The number of carbonyl (C=O) groups excluding carboxylic acids is 3. The second kappa shape index (κ2) is 5.96. The Labute approximate surface area is 133 Å². The van der Waals surface area contributed by atoms with Crippen molar-refractivity contribution in [1.29, 1.82) is 0 Å². The summed E-state index contributed by atoms with van der Waals surface area (Å²) in [7, 11) is 0. The van der Waals surface area contributed by atoms with Gasteiger partial charge in [-0.15, -0.1) is 0 Å². The molecule has 122 valence electrons. The zero-order chi connectivity index (χ0) is 17.4. The van der Waals surface area contributed by atoms with Gasteiger partial charge in [0.1, 0.15) is 17.4 Å². The van der Waals surface area contributed by atoms with Gasteiger partial charge in [-0.2, -0.15) is 0 Å². The lowest BCUT2D eigenvalue weighted by molar-refractivity contribution is -0.156. The standard InChI is InChI=1S/C17H19NO5/c1-17(2,3)23-16(22)11(18)7-9-8-13(20)10-5-4-6-12(19)14(10)15(9)21/h4-6,8,11,19H,7,18H2,1-3H3. The summed E-state index contributed by atoms with van der Waals surface area (Å²) in [5.41, 5.74) is 5.26. The van der Waals surface area contributed by atoms with Crippen LogP contribution in [0.4, 0.5) is 0 Å². The molecule has 0 radical (unpaired) electrons. The van der Waals surface area contributed by atoms with Crippen LogP contribution in [0.15, 0.2) is 29.8 Å². The Morgan fingerprint density at radius 3 is 2.57 bits per heavy atom. The molecule has 6 heteroatoms. The van der Waals surface area contributed by atoms with Crippen LogP contribution in [-0.2, 0) is 9.53 Å². The average molecular weight is 317 g/mol. The molecule has 0 spiro atoms. The van der Waals surface area contributed by atoms with Gasteiger partial charge >= 0.3 is 5.97 Å². The highest BCUT2D eigenvalue weighted by Gasteiger charge is 2.31. The fourth-order valence-electron chi connectivity index (χ4n) is 2.30. The summed E-state index contributed by atoms with van der Waals surface area (Å²) in [5.74, 6) is -1.82. The van der Waals surface area contributed by atoms with E-state index in [1.165, 1.54) is 18.2 Å². The van der Waals surface area contributed by atoms with E-state index < -0.39 is 29.2 Å². The van der Waals surface area contributed by atoms with Crippen LogP contribution in [0, 0.1) is 0 Å². The number of phenols is 1. The molecular weight excluding hydrogens is 298 g/mol. The normalized spacial score (nSPS) is 15.7. The van der Waals surface area contributed by atoms with Crippen LogP contribution in [0.3, 0.4) is 0 Å². The summed E-state index contributed by atoms with van der Waals surface area (Å²) in [6.45, 7) is 5.13. The van der Waals surface area contributed by atoms with E-state index in [-0.39, 0.29) is 28.9 Å². The molecule has 1 aromatic rings. The number of phenolic OH excluding ortho intramolecular Hbond substituents is 1. The maximum absolute atomic E-state index is 12.4. The van der Waals surface area contributed by atoms with Crippen LogP contribution in [-0.4, -0.2) is 34.3 Å². The fourth-order valence-corrected chi connectivity index (χ4v) is 2.30. The number of ether oxygens (including phenoxy) is 1. The molecule has 0 amide bonds. The third-order valence-electron chi connectivity index (χ3n) is 3.28. The summed E-state index contributed by atoms with van der Waals surface area (Å²) >= 11 is 0. The van der Waals surface area contributed by atoms with E-state index in [0.717, 1.165) is 6.08 Å². The molecule has 0 bridgehead atoms. The first-order valence-corrected chi connectivity index (χ1v) is 7.20. The van der Waals surface area contributed by atoms with E-state index in [2.05, 4.69) is 0 Å². The van der Waals surface area contributed by atoms with Crippen molar-refractivity contribution >= 4 is 17.5 Å². The summed E-state index contributed by atoms with van der Waals surface area (Å²) in [4.78, 5) is 36.4. The molecule has 0 aromatic heterocycles. The van der Waals surface area contributed by atoms with E-state index in [0.29, 0.717) is 0 Å². The van der Waals surface area contributed by atoms with Crippen molar-refractivity contribution in [3.8, 4) is 5.75 Å². The molecule has 6 nitrogen and oxygen atoms in total. The average Bonchev–Trinajstić information content (AvgIpc) is 2.42. The molecule has 23 heavy (non-hydrogen) atoms. The lowest BCUT2D eigenvalue weighted by Gasteiger charge is -2.23. The van der Waals surface area contributed by atoms with Gasteiger partial charge in [-0.3, -0.25) is 14.4 Å². The van der Waals surface area contributed by atoms with Crippen molar-refractivity contribution < 1.29 is 24.2 Å². The maximum Gasteiger partial charge on any atom is 0.323 e. The van der Waals surface area contributed by atoms with Crippen molar-refractivity contribution in [3.63, 3.8) is 0 Å². The summed E-state index contributed by atoms with van der Waals surface area (Å²) in [6, 6.07) is 3.23. The minimum atomic E-state index is -1.07. The van der Waals surface area contributed by atoms with Gasteiger partial charge in [0.25, 0.3) is 0 Å². The van der Waals surface area contributed by atoms with Gasteiger partial charge in [0.2, 0.25) is 0 Å². The van der Waals surface area contributed by atoms with Gasteiger partial charge in [0, 0.05) is 17.6 Å². The minimum Gasteiger partial charge on any atom is -0.507 e. The SMILES string of the molecule is CC(C)(C)OC(=O)C(N)CC1=CC(=O)c2cccc(O)c2C1=O. The number of ketones is 2.